The van der Waals surface area contributed by atoms with Crippen molar-refractivity contribution in [3.8, 4) is 0 Å². The highest BCUT2D eigenvalue weighted by atomic mass is 32.2. The normalized spacial score (nSPS) is 22.6. The second-order valence-electron chi connectivity index (χ2n) is 7.35. The van der Waals surface area contributed by atoms with Crippen molar-refractivity contribution < 1.29 is 16.8 Å². The number of aromatic nitrogens is 4. The van der Waals surface area contributed by atoms with Crippen molar-refractivity contribution in [2.45, 2.75) is 49.6 Å². The molecule has 3 heterocycles. The number of piperazine rings is 1. The average Bonchev–Trinajstić information content (AvgIpc) is 3.10. The Morgan fingerprint density at radius 1 is 0.786 bits per heavy atom. The van der Waals surface area contributed by atoms with E-state index in [0.717, 1.165) is 0 Å². The number of nitrogens with zero attached hydrogens (tertiary/aromatic N) is 6. The molecule has 1 aliphatic rings. The first-order chi connectivity index (χ1) is 12.9. The SMILES string of the molecule is Cc1nn(C)cc1S(=O)(=O)N1CC(C)N(S(=O)(=O)c2cn(C)nc2C)CC1C. The minimum Gasteiger partial charge on any atom is -0.274 e. The summed E-state index contributed by atoms with van der Waals surface area (Å²) in [5.74, 6) is 0. The molecule has 0 bridgehead atoms. The zero-order chi connectivity index (χ0) is 21.0. The molecule has 12 heteroatoms. The monoisotopic (exact) mass is 430 g/mol. The maximum Gasteiger partial charge on any atom is 0.246 e. The third kappa shape index (κ3) is 3.38. The van der Waals surface area contributed by atoms with Crippen LogP contribution in [0.15, 0.2) is 22.2 Å². The molecule has 3 rings (SSSR count). The fraction of sp³-hybridized carbons (Fsp3) is 0.625. The van der Waals surface area contributed by atoms with Crippen LogP contribution < -0.4 is 0 Å². The Hall–Kier alpha value is -1.76. The van der Waals surface area contributed by atoms with Gasteiger partial charge in [-0.2, -0.15) is 18.8 Å². The van der Waals surface area contributed by atoms with Crippen LogP contribution in [-0.4, -0.2) is 70.2 Å². The van der Waals surface area contributed by atoms with Crippen LogP contribution in [0.4, 0.5) is 0 Å². The van der Waals surface area contributed by atoms with Crippen LogP contribution in [0.1, 0.15) is 25.2 Å². The zero-order valence-electron chi connectivity index (χ0n) is 16.9. The minimum atomic E-state index is -3.78. The Labute approximate surface area is 165 Å². The van der Waals surface area contributed by atoms with Gasteiger partial charge in [-0.15, -0.1) is 0 Å². The fourth-order valence-electron chi connectivity index (χ4n) is 3.65. The molecule has 1 saturated heterocycles. The van der Waals surface area contributed by atoms with Crippen molar-refractivity contribution in [2.75, 3.05) is 13.1 Å². The summed E-state index contributed by atoms with van der Waals surface area (Å²) in [5.41, 5.74) is 0.840. The van der Waals surface area contributed by atoms with Gasteiger partial charge in [0.2, 0.25) is 20.0 Å². The first kappa shape index (κ1) is 21.0. The Morgan fingerprint density at radius 3 is 1.36 bits per heavy atom. The van der Waals surface area contributed by atoms with E-state index in [9.17, 15) is 16.8 Å². The van der Waals surface area contributed by atoms with Crippen LogP contribution in [0, 0.1) is 13.8 Å². The fourth-order valence-corrected chi connectivity index (χ4v) is 7.46. The lowest BCUT2D eigenvalue weighted by Crippen LogP contribution is -2.59. The molecular formula is C16H26N6O4S2. The first-order valence-electron chi connectivity index (χ1n) is 8.90. The van der Waals surface area contributed by atoms with Gasteiger partial charge >= 0.3 is 0 Å². The second-order valence-corrected chi connectivity index (χ2v) is 11.1. The molecule has 156 valence electrons. The van der Waals surface area contributed by atoms with Crippen molar-refractivity contribution in [1.29, 1.82) is 0 Å². The molecule has 0 amide bonds. The molecule has 2 aromatic heterocycles. The number of aryl methyl sites for hydroxylation is 4. The Kier molecular flexibility index (Phi) is 5.19. The molecule has 1 fully saturated rings. The van der Waals surface area contributed by atoms with Crippen LogP contribution in [-0.2, 0) is 34.1 Å². The predicted molar refractivity (Wildman–Crippen MR) is 103 cm³/mol. The van der Waals surface area contributed by atoms with E-state index in [4.69, 9.17) is 0 Å². The molecule has 0 N–H and O–H groups in total. The third-order valence-corrected chi connectivity index (χ3v) is 9.15. The molecular weight excluding hydrogens is 404 g/mol. The Bertz CT molecular complexity index is 1010. The van der Waals surface area contributed by atoms with E-state index in [-0.39, 0.29) is 22.9 Å². The Morgan fingerprint density at radius 2 is 1.11 bits per heavy atom. The molecule has 0 radical (unpaired) electrons. The van der Waals surface area contributed by atoms with E-state index in [0.29, 0.717) is 11.4 Å². The van der Waals surface area contributed by atoms with E-state index in [2.05, 4.69) is 10.2 Å². The lowest BCUT2D eigenvalue weighted by atomic mass is 10.2. The van der Waals surface area contributed by atoms with Crippen molar-refractivity contribution in [3.63, 3.8) is 0 Å². The lowest BCUT2D eigenvalue weighted by molar-refractivity contribution is 0.163. The van der Waals surface area contributed by atoms with Crippen molar-refractivity contribution >= 4 is 20.0 Å². The standard InChI is InChI=1S/C16H26N6O4S2/c1-11-7-22(28(25,26)16-10-20(6)18-14(16)4)12(2)8-21(11)27(23,24)15-9-19(5)17-13(15)3/h9-12H,7-8H2,1-6H3. The largest absolute Gasteiger partial charge is 0.274 e. The van der Waals surface area contributed by atoms with E-state index in [1.165, 1.54) is 30.4 Å². The molecule has 2 unspecified atom stereocenters. The highest BCUT2D eigenvalue weighted by Gasteiger charge is 2.43. The van der Waals surface area contributed by atoms with Crippen molar-refractivity contribution in [2.24, 2.45) is 14.1 Å². The topological polar surface area (TPSA) is 110 Å². The van der Waals surface area contributed by atoms with Gasteiger partial charge in [0.15, 0.2) is 0 Å². The van der Waals surface area contributed by atoms with E-state index in [1.807, 2.05) is 0 Å². The number of hydrogen-bond acceptors (Lipinski definition) is 6. The Balaban J connectivity index is 1.93. The van der Waals surface area contributed by atoms with Crippen molar-refractivity contribution in [3.05, 3.63) is 23.8 Å². The van der Waals surface area contributed by atoms with E-state index in [1.54, 1.807) is 41.8 Å². The smallest absolute Gasteiger partial charge is 0.246 e. The van der Waals surface area contributed by atoms with Crippen LogP contribution in [0.25, 0.3) is 0 Å². The highest BCUT2D eigenvalue weighted by molar-refractivity contribution is 7.89. The summed E-state index contributed by atoms with van der Waals surface area (Å²) < 4.78 is 58.3. The number of rotatable bonds is 4. The first-order valence-corrected chi connectivity index (χ1v) is 11.8. The molecule has 1 aliphatic heterocycles. The summed E-state index contributed by atoms with van der Waals surface area (Å²) in [4.78, 5) is 0.293. The summed E-state index contributed by atoms with van der Waals surface area (Å²) in [6, 6.07) is -1.04. The van der Waals surface area contributed by atoms with Crippen LogP contribution >= 0.6 is 0 Å². The zero-order valence-corrected chi connectivity index (χ0v) is 18.5. The molecule has 2 atom stereocenters. The molecule has 0 saturated carbocycles. The predicted octanol–water partition coefficient (Wildman–Crippen LogP) is 0.243. The van der Waals surface area contributed by atoms with Gasteiger partial charge in [-0.05, 0) is 27.7 Å². The maximum absolute atomic E-state index is 13.2. The van der Waals surface area contributed by atoms with Crippen LogP contribution in [0.3, 0.4) is 0 Å². The van der Waals surface area contributed by atoms with E-state index < -0.39 is 32.1 Å². The van der Waals surface area contributed by atoms with Crippen molar-refractivity contribution in [1.82, 2.24) is 28.2 Å². The summed E-state index contributed by atoms with van der Waals surface area (Å²) in [6.07, 6.45) is 2.95. The van der Waals surface area contributed by atoms with Gasteiger partial charge in [0, 0.05) is 51.7 Å². The molecule has 28 heavy (non-hydrogen) atoms. The second kappa shape index (κ2) is 6.94. The van der Waals surface area contributed by atoms with Gasteiger partial charge < -0.3 is 0 Å². The van der Waals surface area contributed by atoms with E-state index >= 15 is 0 Å². The van der Waals surface area contributed by atoms with Gasteiger partial charge in [-0.25, -0.2) is 16.8 Å². The van der Waals surface area contributed by atoms with Gasteiger partial charge in [0.25, 0.3) is 0 Å². The summed E-state index contributed by atoms with van der Waals surface area (Å²) in [5, 5.41) is 8.23. The maximum atomic E-state index is 13.2. The summed E-state index contributed by atoms with van der Waals surface area (Å²) >= 11 is 0. The van der Waals surface area contributed by atoms with Gasteiger partial charge in [-0.1, -0.05) is 0 Å². The summed E-state index contributed by atoms with van der Waals surface area (Å²) in [7, 11) is -4.23. The van der Waals surface area contributed by atoms with Gasteiger partial charge in [0.05, 0.1) is 11.4 Å². The van der Waals surface area contributed by atoms with Crippen LogP contribution in [0.2, 0.25) is 0 Å². The minimum absolute atomic E-state index is 0.0658. The molecule has 0 aliphatic carbocycles. The number of hydrogen-bond donors (Lipinski definition) is 0. The molecule has 0 spiro atoms. The molecule has 10 nitrogen and oxygen atoms in total. The summed E-state index contributed by atoms with van der Waals surface area (Å²) in [6.45, 7) is 6.86. The number of sulfonamides is 2. The quantitative estimate of drug-likeness (QED) is 0.687. The molecule has 0 aromatic carbocycles. The lowest BCUT2D eigenvalue weighted by Gasteiger charge is -2.42. The average molecular weight is 431 g/mol. The highest BCUT2D eigenvalue weighted by Crippen LogP contribution is 2.29. The third-order valence-electron chi connectivity index (χ3n) is 4.98. The van der Waals surface area contributed by atoms with Crippen LogP contribution in [0.5, 0.6) is 0 Å². The van der Waals surface area contributed by atoms with Gasteiger partial charge in [-0.3, -0.25) is 9.36 Å². The molecule has 2 aromatic rings. The van der Waals surface area contributed by atoms with Gasteiger partial charge in [0.1, 0.15) is 9.79 Å².